The molecule has 1 aromatic heterocycles. The summed E-state index contributed by atoms with van der Waals surface area (Å²) in [5.74, 6) is 1.31. The van der Waals surface area contributed by atoms with Crippen LogP contribution in [0.2, 0.25) is 0 Å². The molecule has 0 bridgehead atoms. The molecule has 0 spiro atoms. The average molecular weight is 237 g/mol. The number of hydrogen-bond acceptors (Lipinski definition) is 1. The van der Waals surface area contributed by atoms with Gasteiger partial charge in [-0.25, -0.2) is 0 Å². The van der Waals surface area contributed by atoms with Gasteiger partial charge in [0.2, 0.25) is 0 Å². The summed E-state index contributed by atoms with van der Waals surface area (Å²) < 4.78 is 1.43. The van der Waals surface area contributed by atoms with Crippen LogP contribution in [0.4, 0.5) is 0 Å². The van der Waals surface area contributed by atoms with E-state index in [-0.39, 0.29) is 0 Å². The molecule has 1 aromatic carbocycles. The fourth-order valence-electron chi connectivity index (χ4n) is 1.65. The molecular weight excluding hydrogens is 220 g/mol. The first-order valence-corrected chi connectivity index (χ1v) is 7.51. The van der Waals surface area contributed by atoms with Gasteiger partial charge in [-0.3, -0.25) is 0 Å². The van der Waals surface area contributed by atoms with Gasteiger partial charge in [-0.1, -0.05) is 25.5 Å². The van der Waals surface area contributed by atoms with Crippen LogP contribution in [0.3, 0.4) is 0 Å². The zero-order chi connectivity index (χ0) is 10.5. The van der Waals surface area contributed by atoms with E-state index in [2.05, 4.69) is 36.6 Å². The number of thiol groups is 1. The minimum atomic E-state index is 1.31. The summed E-state index contributed by atoms with van der Waals surface area (Å²) in [7, 11) is 0. The van der Waals surface area contributed by atoms with E-state index in [1.54, 1.807) is 0 Å². The van der Waals surface area contributed by atoms with Crippen molar-refractivity contribution < 1.29 is 0 Å². The molecular formula is C13H17S2+. The van der Waals surface area contributed by atoms with Crippen molar-refractivity contribution in [1.82, 2.24) is 0 Å². The molecule has 0 amide bonds. The second-order valence-electron chi connectivity index (χ2n) is 3.71. The first-order valence-electron chi connectivity index (χ1n) is 5.55. The van der Waals surface area contributed by atoms with E-state index in [9.17, 15) is 0 Å². The highest BCUT2D eigenvalue weighted by Gasteiger charge is 2.09. The minimum absolute atomic E-state index is 1.31. The van der Waals surface area contributed by atoms with Crippen molar-refractivity contribution in [2.24, 2.45) is 0 Å². The zero-order valence-electron chi connectivity index (χ0n) is 9.07. The molecule has 2 aromatic rings. The van der Waals surface area contributed by atoms with Crippen LogP contribution >= 0.6 is 11.3 Å². The molecule has 0 radical (unpaired) electrons. The lowest BCUT2D eigenvalue weighted by molar-refractivity contribution is 0.778. The third kappa shape index (κ3) is 2.76. The van der Waals surface area contributed by atoms with Crippen LogP contribution in [-0.4, -0.2) is 5.75 Å². The molecule has 0 N–H and O–H groups in total. The van der Waals surface area contributed by atoms with Crippen molar-refractivity contribution in [2.45, 2.75) is 31.1 Å². The summed E-state index contributed by atoms with van der Waals surface area (Å²) in [5.41, 5.74) is 0. The number of hydrogen-bond donors (Lipinski definition) is 0. The number of benzene rings is 1. The maximum absolute atomic E-state index is 2.32. The van der Waals surface area contributed by atoms with Crippen LogP contribution < -0.4 is 0 Å². The Morgan fingerprint density at radius 2 is 2.07 bits per heavy atom. The Bertz CT molecular complexity index is 417. The van der Waals surface area contributed by atoms with Gasteiger partial charge in [0, 0.05) is 27.2 Å². The van der Waals surface area contributed by atoms with Crippen molar-refractivity contribution in [2.75, 3.05) is 5.75 Å². The highest BCUT2D eigenvalue weighted by Crippen LogP contribution is 2.27. The van der Waals surface area contributed by atoms with E-state index in [0.29, 0.717) is 0 Å². The molecule has 0 atom stereocenters. The lowest BCUT2D eigenvalue weighted by Gasteiger charge is -1.91. The average Bonchev–Trinajstić information content (AvgIpc) is 2.68. The van der Waals surface area contributed by atoms with E-state index in [1.807, 2.05) is 11.3 Å². The summed E-state index contributed by atoms with van der Waals surface area (Å²) in [6, 6.07) is 8.72. The highest BCUT2D eigenvalue weighted by molar-refractivity contribution is 7.79. The summed E-state index contributed by atoms with van der Waals surface area (Å²) in [4.78, 5) is 1.52. The smallest absolute Gasteiger partial charge is 0.138 e. The van der Waals surface area contributed by atoms with Crippen LogP contribution in [0.25, 0.3) is 10.1 Å². The van der Waals surface area contributed by atoms with Gasteiger partial charge in [0.15, 0.2) is 4.90 Å². The molecule has 0 aliphatic rings. The Morgan fingerprint density at radius 1 is 1.20 bits per heavy atom. The maximum atomic E-state index is 2.32. The maximum Gasteiger partial charge on any atom is 0.171 e. The quantitative estimate of drug-likeness (QED) is 0.414. The van der Waals surface area contributed by atoms with Gasteiger partial charge in [-0.15, -0.1) is 11.3 Å². The van der Waals surface area contributed by atoms with E-state index in [1.165, 1.54) is 51.8 Å². The number of thiophene rings is 1. The van der Waals surface area contributed by atoms with Crippen molar-refractivity contribution in [1.29, 1.82) is 0 Å². The second kappa shape index (κ2) is 5.57. The molecule has 0 aliphatic heterocycles. The van der Waals surface area contributed by atoms with Crippen molar-refractivity contribution in [3.8, 4) is 0 Å². The normalized spacial score (nSPS) is 11.0. The Kier molecular flexibility index (Phi) is 4.09. The number of unbranched alkanes of at least 4 members (excludes halogenated alkanes) is 2. The molecule has 0 unspecified atom stereocenters. The fourth-order valence-corrected chi connectivity index (χ4v) is 4.00. The first-order chi connectivity index (χ1) is 7.42. The van der Waals surface area contributed by atoms with E-state index >= 15 is 0 Å². The number of rotatable bonds is 5. The van der Waals surface area contributed by atoms with Crippen molar-refractivity contribution in [3.63, 3.8) is 0 Å². The molecule has 1 heterocycles. The van der Waals surface area contributed by atoms with Crippen LogP contribution in [0, 0.1) is 0 Å². The topological polar surface area (TPSA) is 0 Å². The molecule has 15 heavy (non-hydrogen) atoms. The lowest BCUT2D eigenvalue weighted by Crippen LogP contribution is -1.89. The third-order valence-electron chi connectivity index (χ3n) is 2.50. The third-order valence-corrected chi connectivity index (χ3v) is 4.89. The summed E-state index contributed by atoms with van der Waals surface area (Å²) >= 11 is 3.38. The second-order valence-corrected chi connectivity index (χ2v) is 5.86. The molecule has 0 aliphatic carbocycles. The van der Waals surface area contributed by atoms with Gasteiger partial charge < -0.3 is 0 Å². The highest BCUT2D eigenvalue weighted by atomic mass is 32.2. The van der Waals surface area contributed by atoms with Crippen LogP contribution in [-0.2, 0) is 11.8 Å². The van der Waals surface area contributed by atoms with Gasteiger partial charge >= 0.3 is 0 Å². The Hall–Kier alpha value is -0.470. The van der Waals surface area contributed by atoms with Gasteiger partial charge in [0.05, 0.1) is 0 Å². The van der Waals surface area contributed by atoms with Crippen LogP contribution in [0.1, 0.15) is 26.2 Å². The van der Waals surface area contributed by atoms with Gasteiger partial charge in [-0.2, -0.15) is 0 Å². The largest absolute Gasteiger partial charge is 0.171 e. The summed E-state index contributed by atoms with van der Waals surface area (Å²) in [6.45, 7) is 2.26. The molecule has 0 nitrogen and oxygen atoms in total. The first kappa shape index (κ1) is 11.0. The fraction of sp³-hybridized carbons (Fsp3) is 0.385. The van der Waals surface area contributed by atoms with Crippen LogP contribution in [0.5, 0.6) is 0 Å². The summed E-state index contributed by atoms with van der Waals surface area (Å²) in [6.07, 6.45) is 4.05. The van der Waals surface area contributed by atoms with Crippen molar-refractivity contribution in [3.05, 3.63) is 29.6 Å². The van der Waals surface area contributed by atoms with Crippen molar-refractivity contribution >= 4 is 33.2 Å². The Balaban J connectivity index is 2.02. The molecule has 2 heteroatoms. The Morgan fingerprint density at radius 3 is 2.93 bits per heavy atom. The molecule has 2 rings (SSSR count). The van der Waals surface area contributed by atoms with Gasteiger partial charge in [0.1, 0.15) is 5.75 Å². The standard InChI is InChI=1S/C13H16S2/c1-2-3-6-9-14-13-10-15-12-8-5-4-7-11(12)13/h4-5,7-8,10H,2-3,6,9H2,1H3/p+1. The minimum Gasteiger partial charge on any atom is -0.138 e. The zero-order valence-corrected chi connectivity index (χ0v) is 10.8. The van der Waals surface area contributed by atoms with E-state index in [4.69, 9.17) is 0 Å². The van der Waals surface area contributed by atoms with E-state index in [0.717, 1.165) is 0 Å². The molecule has 0 fully saturated rings. The predicted molar refractivity (Wildman–Crippen MR) is 73.2 cm³/mol. The summed E-state index contributed by atoms with van der Waals surface area (Å²) in [5, 5.41) is 3.78. The molecule has 80 valence electrons. The van der Waals surface area contributed by atoms with Gasteiger partial charge in [0.25, 0.3) is 0 Å². The predicted octanol–water partition coefficient (Wildman–Crippen LogP) is 4.27. The molecule has 0 saturated carbocycles. The lowest BCUT2D eigenvalue weighted by atomic mass is 10.3. The van der Waals surface area contributed by atoms with Gasteiger partial charge in [-0.05, 0) is 25.0 Å². The monoisotopic (exact) mass is 237 g/mol. The van der Waals surface area contributed by atoms with E-state index < -0.39 is 0 Å². The van der Waals surface area contributed by atoms with Crippen LogP contribution in [0.15, 0.2) is 34.5 Å². The Labute approximate surface area is 99.7 Å². The SMILES string of the molecule is CCCCC[SH+]c1csc2ccccc12. The number of fused-ring (bicyclic) bond motifs is 1. The molecule has 0 saturated heterocycles.